The van der Waals surface area contributed by atoms with E-state index in [2.05, 4.69) is 15.4 Å². The molecule has 0 saturated heterocycles. The largest absolute Gasteiger partial charge is 0.416 e. The minimum absolute atomic E-state index is 0.0634. The van der Waals surface area contributed by atoms with Gasteiger partial charge in [-0.2, -0.15) is 23.5 Å². The van der Waals surface area contributed by atoms with Crippen molar-refractivity contribution in [1.29, 1.82) is 5.26 Å². The molecule has 3 aromatic rings. The second-order valence-corrected chi connectivity index (χ2v) is 6.05. The van der Waals surface area contributed by atoms with E-state index in [1.54, 1.807) is 43.8 Å². The molecule has 2 heterocycles. The molecule has 1 amide bonds. The third kappa shape index (κ3) is 4.68. The number of anilines is 1. The van der Waals surface area contributed by atoms with Crippen molar-refractivity contribution in [1.82, 2.24) is 14.8 Å². The Balaban J connectivity index is 1.90. The highest BCUT2D eigenvalue weighted by Crippen LogP contribution is 2.31. The van der Waals surface area contributed by atoms with Crippen LogP contribution in [0, 0.1) is 11.3 Å². The van der Waals surface area contributed by atoms with E-state index in [-0.39, 0.29) is 11.3 Å². The summed E-state index contributed by atoms with van der Waals surface area (Å²) in [6.07, 6.45) is 1.60. The Hall–Kier alpha value is -3.93. The Bertz CT molecular complexity index is 1110. The molecule has 29 heavy (non-hydrogen) atoms. The van der Waals surface area contributed by atoms with E-state index in [1.807, 2.05) is 0 Å². The lowest BCUT2D eigenvalue weighted by Crippen LogP contribution is -2.14. The number of aromatic nitrogens is 3. The minimum Gasteiger partial charge on any atom is -0.321 e. The fourth-order valence-corrected chi connectivity index (χ4v) is 2.62. The Kier molecular flexibility index (Phi) is 5.45. The lowest BCUT2D eigenvalue weighted by Gasteiger charge is -2.09. The average molecular weight is 397 g/mol. The van der Waals surface area contributed by atoms with Gasteiger partial charge in [-0.25, -0.2) is 0 Å². The van der Waals surface area contributed by atoms with Gasteiger partial charge >= 0.3 is 6.18 Å². The maximum absolute atomic E-state index is 12.8. The van der Waals surface area contributed by atoms with E-state index in [0.29, 0.717) is 11.3 Å². The number of nitrogens with one attached hydrogen (secondary N) is 1. The molecule has 1 aromatic carbocycles. The lowest BCUT2D eigenvalue weighted by atomic mass is 10.1. The van der Waals surface area contributed by atoms with Crippen molar-refractivity contribution in [3.05, 3.63) is 71.7 Å². The maximum Gasteiger partial charge on any atom is 0.416 e. The summed E-state index contributed by atoms with van der Waals surface area (Å²) in [5, 5.41) is 16.0. The fraction of sp³-hybridized carbons (Fsp3) is 0.100. The summed E-state index contributed by atoms with van der Waals surface area (Å²) in [6, 6.07) is 9.43. The number of aryl methyl sites for hydroxylation is 1. The predicted octanol–water partition coefficient (Wildman–Crippen LogP) is 4.05. The van der Waals surface area contributed by atoms with Crippen LogP contribution in [0.25, 0.3) is 17.3 Å². The summed E-state index contributed by atoms with van der Waals surface area (Å²) in [5.41, 5.74) is 0.550. The Morgan fingerprint density at radius 3 is 2.62 bits per heavy atom. The monoisotopic (exact) mass is 397 g/mol. The molecule has 146 valence electrons. The first-order chi connectivity index (χ1) is 13.8. The number of carbonyl (C=O) groups is 1. The first-order valence-electron chi connectivity index (χ1n) is 8.32. The molecule has 0 aliphatic rings. The van der Waals surface area contributed by atoms with Gasteiger partial charge in [0.15, 0.2) is 0 Å². The SMILES string of the molecule is Cn1cc(/C=C(/C#N)C(=O)Nc2cccc(C(F)(F)F)c2)c(-c2ccncc2)n1. The third-order valence-corrected chi connectivity index (χ3v) is 3.92. The smallest absolute Gasteiger partial charge is 0.321 e. The summed E-state index contributed by atoms with van der Waals surface area (Å²) in [7, 11) is 1.69. The summed E-state index contributed by atoms with van der Waals surface area (Å²) >= 11 is 0. The zero-order valence-electron chi connectivity index (χ0n) is 15.1. The molecule has 0 aliphatic carbocycles. The Labute approximate surface area is 163 Å². The van der Waals surface area contributed by atoms with Crippen molar-refractivity contribution in [3.8, 4) is 17.3 Å². The molecule has 1 N–H and O–H groups in total. The quantitative estimate of drug-likeness (QED) is 0.532. The van der Waals surface area contributed by atoms with Gasteiger partial charge in [0.25, 0.3) is 5.91 Å². The maximum atomic E-state index is 12.8. The second-order valence-electron chi connectivity index (χ2n) is 6.05. The molecule has 3 rings (SSSR count). The molecule has 0 spiro atoms. The highest BCUT2D eigenvalue weighted by Gasteiger charge is 2.30. The van der Waals surface area contributed by atoms with Crippen LogP contribution < -0.4 is 5.32 Å². The number of hydrogen-bond donors (Lipinski definition) is 1. The molecule has 0 radical (unpaired) electrons. The third-order valence-electron chi connectivity index (χ3n) is 3.92. The van der Waals surface area contributed by atoms with Crippen molar-refractivity contribution < 1.29 is 18.0 Å². The van der Waals surface area contributed by atoms with Gasteiger partial charge in [0.05, 0.1) is 11.3 Å². The predicted molar refractivity (Wildman–Crippen MR) is 100 cm³/mol. The Morgan fingerprint density at radius 2 is 1.97 bits per heavy atom. The van der Waals surface area contributed by atoms with Crippen LogP contribution in [0.2, 0.25) is 0 Å². The van der Waals surface area contributed by atoms with Crippen LogP contribution in [-0.2, 0) is 18.0 Å². The zero-order valence-corrected chi connectivity index (χ0v) is 15.1. The standard InChI is InChI=1S/C20H14F3N5O/c1-28-12-15(18(27-28)13-5-7-25-8-6-13)9-14(11-24)19(29)26-17-4-2-3-16(10-17)20(21,22)23/h2-10,12H,1H3,(H,26,29)/b14-9-. The van der Waals surface area contributed by atoms with Gasteiger partial charge in [0, 0.05) is 42.5 Å². The first-order valence-corrected chi connectivity index (χ1v) is 8.32. The van der Waals surface area contributed by atoms with E-state index in [0.717, 1.165) is 17.7 Å². The van der Waals surface area contributed by atoms with Crippen molar-refractivity contribution in [2.45, 2.75) is 6.18 Å². The van der Waals surface area contributed by atoms with Crippen LogP contribution in [-0.4, -0.2) is 20.7 Å². The number of pyridine rings is 1. The van der Waals surface area contributed by atoms with E-state index < -0.39 is 17.6 Å². The summed E-state index contributed by atoms with van der Waals surface area (Å²) in [5.74, 6) is -0.823. The molecule has 0 unspecified atom stereocenters. The highest BCUT2D eigenvalue weighted by atomic mass is 19.4. The lowest BCUT2D eigenvalue weighted by molar-refractivity contribution is -0.137. The molecule has 6 nitrogen and oxygen atoms in total. The van der Waals surface area contributed by atoms with Crippen molar-refractivity contribution in [3.63, 3.8) is 0 Å². The van der Waals surface area contributed by atoms with Gasteiger partial charge in [-0.1, -0.05) is 6.07 Å². The van der Waals surface area contributed by atoms with E-state index in [4.69, 9.17) is 0 Å². The molecule has 0 saturated carbocycles. The van der Waals surface area contributed by atoms with E-state index >= 15 is 0 Å². The van der Waals surface area contributed by atoms with Gasteiger partial charge in [-0.15, -0.1) is 0 Å². The zero-order chi connectivity index (χ0) is 21.0. The minimum atomic E-state index is -4.54. The fourth-order valence-electron chi connectivity index (χ4n) is 2.62. The number of hydrogen-bond acceptors (Lipinski definition) is 4. The number of alkyl halides is 3. The normalized spacial score (nSPS) is 11.8. The average Bonchev–Trinajstić information content (AvgIpc) is 3.06. The topological polar surface area (TPSA) is 83.6 Å². The van der Waals surface area contributed by atoms with E-state index in [1.165, 1.54) is 22.9 Å². The molecular weight excluding hydrogens is 383 g/mol. The summed E-state index contributed by atoms with van der Waals surface area (Å²) in [6.45, 7) is 0. The molecule has 0 aliphatic heterocycles. The van der Waals surface area contributed by atoms with Gasteiger partial charge in [0.2, 0.25) is 0 Å². The molecular formula is C20H14F3N5O. The van der Waals surface area contributed by atoms with Gasteiger partial charge in [-0.3, -0.25) is 14.5 Å². The number of rotatable bonds is 4. The summed E-state index contributed by atoms with van der Waals surface area (Å²) in [4.78, 5) is 16.4. The molecule has 0 bridgehead atoms. The molecule has 0 fully saturated rings. The second kappa shape index (κ2) is 7.98. The molecule has 9 heteroatoms. The number of halogens is 3. The molecule has 2 aromatic heterocycles. The van der Waals surface area contributed by atoms with Crippen LogP contribution in [0.15, 0.2) is 60.6 Å². The Morgan fingerprint density at radius 1 is 1.24 bits per heavy atom. The van der Waals surface area contributed by atoms with Crippen LogP contribution in [0.4, 0.5) is 18.9 Å². The van der Waals surface area contributed by atoms with Gasteiger partial charge in [0.1, 0.15) is 11.6 Å². The van der Waals surface area contributed by atoms with Crippen LogP contribution in [0.1, 0.15) is 11.1 Å². The van der Waals surface area contributed by atoms with Gasteiger partial charge < -0.3 is 5.32 Å². The van der Waals surface area contributed by atoms with Crippen LogP contribution >= 0.6 is 0 Å². The number of benzene rings is 1. The van der Waals surface area contributed by atoms with Crippen molar-refractivity contribution in [2.24, 2.45) is 7.05 Å². The number of nitrogens with zero attached hydrogens (tertiary/aromatic N) is 4. The van der Waals surface area contributed by atoms with Gasteiger partial charge in [-0.05, 0) is 36.4 Å². The highest BCUT2D eigenvalue weighted by molar-refractivity contribution is 6.10. The number of nitriles is 1. The molecule has 0 atom stereocenters. The van der Waals surface area contributed by atoms with E-state index in [9.17, 15) is 23.2 Å². The van der Waals surface area contributed by atoms with Crippen molar-refractivity contribution in [2.75, 3.05) is 5.32 Å². The van der Waals surface area contributed by atoms with Crippen LogP contribution in [0.3, 0.4) is 0 Å². The van der Waals surface area contributed by atoms with Crippen LogP contribution in [0.5, 0.6) is 0 Å². The number of amides is 1. The first kappa shape index (κ1) is 19.8. The summed E-state index contributed by atoms with van der Waals surface area (Å²) < 4.78 is 40.0. The number of carbonyl (C=O) groups excluding carboxylic acids is 1. The van der Waals surface area contributed by atoms with Crippen molar-refractivity contribution >= 4 is 17.7 Å².